The second kappa shape index (κ2) is 6.54. The monoisotopic (exact) mass is 291 g/mol. The summed E-state index contributed by atoms with van der Waals surface area (Å²) in [7, 11) is 6.67. The van der Waals surface area contributed by atoms with Crippen molar-refractivity contribution in [3.63, 3.8) is 0 Å². The van der Waals surface area contributed by atoms with Gasteiger partial charge in [-0.2, -0.15) is 0 Å². The van der Waals surface area contributed by atoms with Crippen LogP contribution < -0.4 is 19.5 Å². The molecule has 1 aromatic carbocycles. The molecule has 0 spiro atoms. The van der Waals surface area contributed by atoms with Gasteiger partial charge in [0.25, 0.3) is 0 Å². The first-order valence-corrected chi connectivity index (χ1v) is 6.72. The van der Waals surface area contributed by atoms with Gasteiger partial charge in [-0.15, -0.1) is 0 Å². The highest BCUT2D eigenvalue weighted by atomic mass is 16.5. The van der Waals surface area contributed by atoms with Crippen molar-refractivity contribution in [1.29, 1.82) is 0 Å². The number of furan rings is 1. The third kappa shape index (κ3) is 2.83. The first kappa shape index (κ1) is 15.3. The maximum absolute atomic E-state index is 5.90. The van der Waals surface area contributed by atoms with Crippen molar-refractivity contribution in [3.05, 3.63) is 30.0 Å². The lowest BCUT2D eigenvalue weighted by molar-refractivity contribution is 0.324. The molecule has 1 aromatic heterocycles. The molecule has 1 N–H and O–H groups in total. The summed E-state index contributed by atoms with van der Waals surface area (Å²) in [4.78, 5) is 0. The Hall–Kier alpha value is -2.14. The number of hydrogen-bond acceptors (Lipinski definition) is 5. The summed E-state index contributed by atoms with van der Waals surface area (Å²) in [6.07, 6.45) is 0. The van der Waals surface area contributed by atoms with E-state index in [0.29, 0.717) is 17.2 Å². The van der Waals surface area contributed by atoms with E-state index in [9.17, 15) is 0 Å². The Morgan fingerprint density at radius 1 is 0.952 bits per heavy atom. The molecule has 0 amide bonds. The fraction of sp³-hybridized carbons (Fsp3) is 0.375. The Balaban J connectivity index is 2.51. The van der Waals surface area contributed by atoms with Crippen molar-refractivity contribution in [2.24, 2.45) is 0 Å². The highest BCUT2D eigenvalue weighted by Crippen LogP contribution is 2.44. The van der Waals surface area contributed by atoms with Gasteiger partial charge < -0.3 is 23.9 Å². The van der Waals surface area contributed by atoms with Crippen LogP contribution in [0.2, 0.25) is 0 Å². The highest BCUT2D eigenvalue weighted by Gasteiger charge is 2.19. The zero-order valence-electron chi connectivity index (χ0n) is 13.0. The number of methoxy groups -OCH3 is 3. The van der Waals surface area contributed by atoms with Crippen LogP contribution in [-0.4, -0.2) is 28.4 Å². The van der Waals surface area contributed by atoms with E-state index < -0.39 is 0 Å². The van der Waals surface area contributed by atoms with Crippen molar-refractivity contribution in [2.45, 2.75) is 13.0 Å². The average Bonchev–Trinajstić information content (AvgIpc) is 3.02. The summed E-state index contributed by atoms with van der Waals surface area (Å²) in [6.45, 7) is 2.04. The predicted molar refractivity (Wildman–Crippen MR) is 81.3 cm³/mol. The molecule has 0 aliphatic heterocycles. The van der Waals surface area contributed by atoms with E-state index in [1.54, 1.807) is 21.3 Å². The molecule has 21 heavy (non-hydrogen) atoms. The quantitative estimate of drug-likeness (QED) is 0.885. The van der Waals surface area contributed by atoms with E-state index in [2.05, 4.69) is 5.32 Å². The molecular formula is C16H21NO4. The van der Waals surface area contributed by atoms with E-state index in [4.69, 9.17) is 18.6 Å². The zero-order chi connectivity index (χ0) is 15.4. The zero-order valence-corrected chi connectivity index (χ0v) is 13.0. The van der Waals surface area contributed by atoms with Crippen LogP contribution >= 0.6 is 0 Å². The SMILES string of the molecule is CNC(C)c1ccc(-c2ccc(OC)c(OC)c2OC)o1. The summed E-state index contributed by atoms with van der Waals surface area (Å²) in [5.41, 5.74) is 0.824. The lowest BCUT2D eigenvalue weighted by Gasteiger charge is -2.14. The Morgan fingerprint density at radius 3 is 2.24 bits per heavy atom. The molecule has 1 atom stereocenters. The van der Waals surface area contributed by atoms with Crippen LogP contribution in [0, 0.1) is 0 Å². The summed E-state index contributed by atoms with van der Waals surface area (Å²) >= 11 is 0. The molecule has 1 heterocycles. The largest absolute Gasteiger partial charge is 0.493 e. The van der Waals surface area contributed by atoms with Crippen LogP contribution in [0.3, 0.4) is 0 Å². The molecule has 0 aliphatic carbocycles. The molecule has 2 aromatic rings. The smallest absolute Gasteiger partial charge is 0.204 e. The van der Waals surface area contributed by atoms with Crippen molar-refractivity contribution >= 4 is 0 Å². The van der Waals surface area contributed by atoms with Crippen LogP contribution in [0.1, 0.15) is 18.7 Å². The topological polar surface area (TPSA) is 52.9 Å². The first-order chi connectivity index (χ1) is 10.2. The van der Waals surface area contributed by atoms with E-state index >= 15 is 0 Å². The number of ether oxygens (including phenoxy) is 3. The van der Waals surface area contributed by atoms with Gasteiger partial charge in [-0.05, 0) is 38.2 Å². The Kier molecular flexibility index (Phi) is 4.75. The molecular weight excluding hydrogens is 270 g/mol. The van der Waals surface area contributed by atoms with Crippen LogP contribution in [0.5, 0.6) is 17.2 Å². The summed E-state index contributed by atoms with van der Waals surface area (Å²) in [6, 6.07) is 7.75. The lowest BCUT2D eigenvalue weighted by Crippen LogP contribution is -2.11. The average molecular weight is 291 g/mol. The fourth-order valence-corrected chi connectivity index (χ4v) is 2.17. The van der Waals surface area contributed by atoms with Gasteiger partial charge in [0.2, 0.25) is 5.75 Å². The van der Waals surface area contributed by atoms with E-state index in [1.807, 2.05) is 38.2 Å². The van der Waals surface area contributed by atoms with E-state index in [1.165, 1.54) is 0 Å². The van der Waals surface area contributed by atoms with E-state index in [-0.39, 0.29) is 6.04 Å². The van der Waals surface area contributed by atoms with Crippen LogP contribution in [-0.2, 0) is 0 Å². The van der Waals surface area contributed by atoms with E-state index in [0.717, 1.165) is 17.1 Å². The summed E-state index contributed by atoms with van der Waals surface area (Å²) in [5.74, 6) is 3.36. The van der Waals surface area contributed by atoms with Gasteiger partial charge >= 0.3 is 0 Å². The molecule has 0 bridgehead atoms. The molecule has 0 saturated heterocycles. The van der Waals surface area contributed by atoms with Gasteiger partial charge in [-0.25, -0.2) is 0 Å². The lowest BCUT2D eigenvalue weighted by atomic mass is 10.1. The number of hydrogen-bond donors (Lipinski definition) is 1. The maximum atomic E-state index is 5.90. The maximum Gasteiger partial charge on any atom is 0.204 e. The molecule has 0 radical (unpaired) electrons. The second-order valence-corrected chi connectivity index (χ2v) is 4.59. The molecule has 0 saturated carbocycles. The van der Waals surface area contributed by atoms with Gasteiger partial charge in [-0.1, -0.05) is 0 Å². The molecule has 5 nitrogen and oxygen atoms in total. The highest BCUT2D eigenvalue weighted by molar-refractivity contribution is 5.73. The molecule has 2 rings (SSSR count). The molecule has 5 heteroatoms. The third-order valence-corrected chi connectivity index (χ3v) is 3.46. The molecule has 1 unspecified atom stereocenters. The number of benzene rings is 1. The van der Waals surface area contributed by atoms with Crippen molar-refractivity contribution < 1.29 is 18.6 Å². The van der Waals surface area contributed by atoms with Gasteiger partial charge in [0.1, 0.15) is 11.5 Å². The van der Waals surface area contributed by atoms with Crippen molar-refractivity contribution in [3.8, 4) is 28.6 Å². The number of nitrogens with one attached hydrogen (secondary N) is 1. The normalized spacial score (nSPS) is 12.0. The third-order valence-electron chi connectivity index (χ3n) is 3.46. The Bertz CT molecular complexity index is 606. The summed E-state index contributed by atoms with van der Waals surface area (Å²) in [5, 5.41) is 3.15. The molecule has 0 aliphatic rings. The van der Waals surface area contributed by atoms with Gasteiger partial charge in [0, 0.05) is 0 Å². The minimum absolute atomic E-state index is 0.143. The van der Waals surface area contributed by atoms with Gasteiger partial charge in [0.05, 0.1) is 32.9 Å². The van der Waals surface area contributed by atoms with Crippen LogP contribution in [0.25, 0.3) is 11.3 Å². The minimum Gasteiger partial charge on any atom is -0.493 e. The number of rotatable bonds is 6. The Labute approximate surface area is 124 Å². The van der Waals surface area contributed by atoms with Gasteiger partial charge in [0.15, 0.2) is 11.5 Å². The first-order valence-electron chi connectivity index (χ1n) is 6.72. The van der Waals surface area contributed by atoms with Crippen LogP contribution in [0.4, 0.5) is 0 Å². The second-order valence-electron chi connectivity index (χ2n) is 4.59. The van der Waals surface area contributed by atoms with Crippen LogP contribution in [0.15, 0.2) is 28.7 Å². The molecule has 0 fully saturated rings. The van der Waals surface area contributed by atoms with Gasteiger partial charge in [-0.3, -0.25) is 0 Å². The standard InChI is InChI=1S/C16H21NO4/c1-10(17-2)12-8-9-13(21-12)11-6-7-14(18-3)16(20-5)15(11)19-4/h6-10,17H,1-5H3. The summed E-state index contributed by atoms with van der Waals surface area (Å²) < 4.78 is 22.1. The van der Waals surface area contributed by atoms with Crippen molar-refractivity contribution in [1.82, 2.24) is 5.32 Å². The fourth-order valence-electron chi connectivity index (χ4n) is 2.17. The molecule has 114 valence electrons. The predicted octanol–water partition coefficient (Wildman–Crippen LogP) is 3.25. The minimum atomic E-state index is 0.143. The Morgan fingerprint density at radius 2 is 1.67 bits per heavy atom. The van der Waals surface area contributed by atoms with Crippen molar-refractivity contribution in [2.75, 3.05) is 28.4 Å².